The fourth-order valence-electron chi connectivity index (χ4n) is 2.65. The van der Waals surface area contributed by atoms with Crippen molar-refractivity contribution in [1.29, 1.82) is 0 Å². The number of nitrogens with one attached hydrogen (secondary N) is 1. The first-order chi connectivity index (χ1) is 9.25. The van der Waals surface area contributed by atoms with Crippen LogP contribution in [0.25, 0.3) is 0 Å². The second kappa shape index (κ2) is 5.66. The van der Waals surface area contributed by atoms with Gasteiger partial charge in [0.2, 0.25) is 0 Å². The molecule has 0 saturated heterocycles. The molecule has 1 N–H and O–H groups in total. The molecule has 0 bridgehead atoms. The van der Waals surface area contributed by atoms with E-state index >= 15 is 0 Å². The van der Waals surface area contributed by atoms with Gasteiger partial charge in [0.25, 0.3) is 0 Å². The Morgan fingerprint density at radius 2 is 1.84 bits per heavy atom. The zero-order chi connectivity index (χ0) is 13.2. The molecule has 0 fully saturated rings. The third-order valence-corrected chi connectivity index (χ3v) is 4.82. The van der Waals surface area contributed by atoms with Crippen LogP contribution < -0.4 is 5.32 Å². The molecular weight excluding hydrogens is 322 g/mol. The molecule has 98 valence electrons. The standard InChI is InChI=1S/C16H15BrClN/c17-14-8-4-2-6-12(14)10-19-16-13-7-3-1-5-11(13)9-15(16)18/h1-8,15-16,19H,9-10H2. The van der Waals surface area contributed by atoms with Gasteiger partial charge in [-0.25, -0.2) is 0 Å². The Labute approximate surface area is 127 Å². The molecule has 1 nitrogen and oxygen atoms in total. The maximum Gasteiger partial charge on any atom is 0.0571 e. The van der Waals surface area contributed by atoms with Crippen LogP contribution in [-0.2, 0) is 13.0 Å². The van der Waals surface area contributed by atoms with E-state index in [1.54, 1.807) is 0 Å². The maximum atomic E-state index is 6.48. The molecule has 0 aliphatic heterocycles. The van der Waals surface area contributed by atoms with E-state index in [2.05, 4.69) is 63.7 Å². The van der Waals surface area contributed by atoms with Crippen LogP contribution in [-0.4, -0.2) is 5.38 Å². The Morgan fingerprint density at radius 1 is 1.11 bits per heavy atom. The van der Waals surface area contributed by atoms with Crippen molar-refractivity contribution in [3.8, 4) is 0 Å². The monoisotopic (exact) mass is 335 g/mol. The van der Waals surface area contributed by atoms with Crippen LogP contribution in [0.5, 0.6) is 0 Å². The van der Waals surface area contributed by atoms with E-state index in [0.29, 0.717) is 0 Å². The van der Waals surface area contributed by atoms with Gasteiger partial charge in [0.1, 0.15) is 0 Å². The van der Waals surface area contributed by atoms with E-state index in [-0.39, 0.29) is 11.4 Å². The zero-order valence-electron chi connectivity index (χ0n) is 10.4. The second-order valence-electron chi connectivity index (χ2n) is 4.87. The molecule has 0 amide bonds. The average molecular weight is 337 g/mol. The highest BCUT2D eigenvalue weighted by molar-refractivity contribution is 9.10. The van der Waals surface area contributed by atoms with Crippen LogP contribution in [0, 0.1) is 0 Å². The summed E-state index contributed by atoms with van der Waals surface area (Å²) >= 11 is 10.1. The molecule has 1 aliphatic carbocycles. The summed E-state index contributed by atoms with van der Waals surface area (Å²) in [5.74, 6) is 0. The van der Waals surface area contributed by atoms with Gasteiger partial charge in [-0.3, -0.25) is 0 Å². The minimum atomic E-state index is 0.139. The molecule has 3 rings (SSSR count). The molecule has 2 atom stereocenters. The highest BCUT2D eigenvalue weighted by Crippen LogP contribution is 2.35. The Hall–Kier alpha value is -0.830. The predicted molar refractivity (Wildman–Crippen MR) is 83.5 cm³/mol. The smallest absolute Gasteiger partial charge is 0.0571 e. The summed E-state index contributed by atoms with van der Waals surface area (Å²) in [5, 5.41) is 3.72. The van der Waals surface area contributed by atoms with Gasteiger partial charge >= 0.3 is 0 Å². The number of fused-ring (bicyclic) bond motifs is 1. The van der Waals surface area contributed by atoms with E-state index in [4.69, 9.17) is 11.6 Å². The summed E-state index contributed by atoms with van der Waals surface area (Å²) in [6.45, 7) is 0.823. The van der Waals surface area contributed by atoms with Gasteiger partial charge in [0.15, 0.2) is 0 Å². The van der Waals surface area contributed by atoms with Crippen LogP contribution in [0.2, 0.25) is 0 Å². The lowest BCUT2D eigenvalue weighted by atomic mass is 10.1. The highest BCUT2D eigenvalue weighted by Gasteiger charge is 2.30. The molecule has 2 aromatic rings. The Kier molecular flexibility index (Phi) is 3.92. The van der Waals surface area contributed by atoms with Crippen molar-refractivity contribution in [1.82, 2.24) is 5.32 Å². The van der Waals surface area contributed by atoms with Crippen LogP contribution >= 0.6 is 27.5 Å². The van der Waals surface area contributed by atoms with E-state index < -0.39 is 0 Å². The van der Waals surface area contributed by atoms with Gasteiger partial charge in [-0.15, -0.1) is 11.6 Å². The number of alkyl halides is 1. The van der Waals surface area contributed by atoms with Crippen molar-refractivity contribution in [3.05, 3.63) is 69.7 Å². The normalized spacial score (nSPS) is 21.4. The summed E-state index contributed by atoms with van der Waals surface area (Å²) < 4.78 is 1.14. The lowest BCUT2D eigenvalue weighted by Crippen LogP contribution is -2.25. The molecule has 2 aromatic carbocycles. The molecule has 19 heavy (non-hydrogen) atoms. The fourth-order valence-corrected chi connectivity index (χ4v) is 3.46. The molecule has 0 aromatic heterocycles. The summed E-state index contributed by atoms with van der Waals surface area (Å²) in [4.78, 5) is 0. The van der Waals surface area contributed by atoms with Crippen molar-refractivity contribution in [2.75, 3.05) is 0 Å². The molecule has 0 spiro atoms. The lowest BCUT2D eigenvalue weighted by molar-refractivity contribution is 0.535. The van der Waals surface area contributed by atoms with Gasteiger partial charge in [0, 0.05) is 17.1 Å². The molecule has 0 radical (unpaired) electrons. The summed E-state index contributed by atoms with van der Waals surface area (Å²) in [5.41, 5.74) is 3.97. The highest BCUT2D eigenvalue weighted by atomic mass is 79.9. The van der Waals surface area contributed by atoms with Crippen molar-refractivity contribution < 1.29 is 0 Å². The van der Waals surface area contributed by atoms with Crippen molar-refractivity contribution in [2.24, 2.45) is 0 Å². The average Bonchev–Trinajstić information content (AvgIpc) is 2.74. The van der Waals surface area contributed by atoms with Crippen molar-refractivity contribution in [2.45, 2.75) is 24.4 Å². The van der Waals surface area contributed by atoms with E-state index in [1.807, 2.05) is 6.07 Å². The molecule has 0 saturated carbocycles. The van der Waals surface area contributed by atoms with Crippen LogP contribution in [0.4, 0.5) is 0 Å². The molecule has 3 heteroatoms. The number of hydrogen-bond acceptors (Lipinski definition) is 1. The fraction of sp³-hybridized carbons (Fsp3) is 0.250. The third kappa shape index (κ3) is 2.71. The minimum absolute atomic E-state index is 0.139. The van der Waals surface area contributed by atoms with E-state index in [0.717, 1.165) is 17.4 Å². The topological polar surface area (TPSA) is 12.0 Å². The van der Waals surface area contributed by atoms with Gasteiger partial charge in [-0.05, 0) is 29.2 Å². The van der Waals surface area contributed by atoms with Gasteiger partial charge in [-0.2, -0.15) is 0 Å². The predicted octanol–water partition coefficient (Wildman–Crippen LogP) is 4.44. The van der Waals surface area contributed by atoms with Crippen LogP contribution in [0.15, 0.2) is 53.0 Å². The van der Waals surface area contributed by atoms with Crippen molar-refractivity contribution >= 4 is 27.5 Å². The summed E-state index contributed by atoms with van der Waals surface area (Å²) in [7, 11) is 0. The Bertz CT molecular complexity index is 584. The summed E-state index contributed by atoms with van der Waals surface area (Å²) in [6, 6.07) is 17.0. The first-order valence-corrected chi connectivity index (χ1v) is 7.67. The largest absolute Gasteiger partial charge is 0.305 e. The number of halogens is 2. The van der Waals surface area contributed by atoms with Gasteiger partial charge in [-0.1, -0.05) is 58.4 Å². The quantitative estimate of drug-likeness (QED) is 0.817. The number of rotatable bonds is 3. The molecule has 2 unspecified atom stereocenters. The minimum Gasteiger partial charge on any atom is -0.305 e. The van der Waals surface area contributed by atoms with E-state index in [1.165, 1.54) is 16.7 Å². The first kappa shape index (κ1) is 13.2. The number of benzene rings is 2. The molecule has 1 aliphatic rings. The maximum absolute atomic E-state index is 6.48. The van der Waals surface area contributed by atoms with Crippen LogP contribution in [0.1, 0.15) is 22.7 Å². The lowest BCUT2D eigenvalue weighted by Gasteiger charge is -2.18. The SMILES string of the molecule is ClC1Cc2ccccc2C1NCc1ccccc1Br. The van der Waals surface area contributed by atoms with E-state index in [9.17, 15) is 0 Å². The second-order valence-corrected chi connectivity index (χ2v) is 6.28. The van der Waals surface area contributed by atoms with Crippen LogP contribution in [0.3, 0.4) is 0 Å². The third-order valence-electron chi connectivity index (χ3n) is 3.64. The molecular formula is C16H15BrClN. The van der Waals surface area contributed by atoms with Crippen molar-refractivity contribution in [3.63, 3.8) is 0 Å². The molecule has 0 heterocycles. The Balaban J connectivity index is 1.76. The first-order valence-electron chi connectivity index (χ1n) is 6.44. The zero-order valence-corrected chi connectivity index (χ0v) is 12.8. The van der Waals surface area contributed by atoms with Gasteiger partial charge in [0.05, 0.1) is 5.38 Å². The summed E-state index contributed by atoms with van der Waals surface area (Å²) in [6.07, 6.45) is 0.950. The Morgan fingerprint density at radius 3 is 2.68 bits per heavy atom. The number of hydrogen-bond donors (Lipinski definition) is 1. The van der Waals surface area contributed by atoms with Gasteiger partial charge < -0.3 is 5.32 Å².